The summed E-state index contributed by atoms with van der Waals surface area (Å²) in [5.41, 5.74) is 0.507. The number of thioether (sulfide) groups is 1. The standard InChI is InChI=1S/C15H19BrN2O2S/c16-13-4-1-6-17-14(13)15(19)18(11-5-8-21-10-11)9-12-3-2-7-20-12/h1,4,6,11-12H,2-3,5,7-10H2. The Hall–Kier alpha value is -0.590. The first kappa shape index (κ1) is 15.3. The highest BCUT2D eigenvalue weighted by molar-refractivity contribution is 9.10. The van der Waals surface area contributed by atoms with Crippen molar-refractivity contribution in [3.05, 3.63) is 28.5 Å². The van der Waals surface area contributed by atoms with E-state index in [1.54, 1.807) is 6.20 Å². The molecule has 2 aliphatic rings. The Morgan fingerprint density at radius 2 is 2.43 bits per heavy atom. The monoisotopic (exact) mass is 370 g/mol. The van der Waals surface area contributed by atoms with Crippen molar-refractivity contribution in [1.82, 2.24) is 9.88 Å². The number of halogens is 1. The molecule has 2 atom stereocenters. The Morgan fingerprint density at radius 1 is 1.52 bits per heavy atom. The van der Waals surface area contributed by atoms with Gasteiger partial charge < -0.3 is 9.64 Å². The van der Waals surface area contributed by atoms with Crippen molar-refractivity contribution in [3.63, 3.8) is 0 Å². The van der Waals surface area contributed by atoms with Crippen LogP contribution in [0.3, 0.4) is 0 Å². The number of ether oxygens (including phenoxy) is 1. The third kappa shape index (κ3) is 3.60. The summed E-state index contributed by atoms with van der Waals surface area (Å²) in [5, 5.41) is 0. The Morgan fingerprint density at radius 3 is 3.10 bits per heavy atom. The average molecular weight is 371 g/mol. The molecule has 2 saturated heterocycles. The van der Waals surface area contributed by atoms with Gasteiger partial charge in [0.15, 0.2) is 0 Å². The second-order valence-electron chi connectivity index (χ2n) is 5.44. The predicted octanol–water partition coefficient (Wildman–Crippen LogP) is 2.97. The maximum absolute atomic E-state index is 12.9. The smallest absolute Gasteiger partial charge is 0.273 e. The zero-order chi connectivity index (χ0) is 14.7. The summed E-state index contributed by atoms with van der Waals surface area (Å²) in [6.45, 7) is 1.51. The van der Waals surface area contributed by atoms with E-state index in [0.29, 0.717) is 18.3 Å². The molecule has 0 spiro atoms. The molecule has 1 aromatic rings. The van der Waals surface area contributed by atoms with Crippen molar-refractivity contribution in [2.24, 2.45) is 0 Å². The van der Waals surface area contributed by atoms with Crippen LogP contribution in [0, 0.1) is 0 Å². The lowest BCUT2D eigenvalue weighted by Gasteiger charge is -2.30. The van der Waals surface area contributed by atoms with Gasteiger partial charge in [-0.05, 0) is 53.1 Å². The average Bonchev–Trinajstić information content (AvgIpc) is 3.18. The van der Waals surface area contributed by atoms with E-state index in [9.17, 15) is 4.79 Å². The summed E-state index contributed by atoms with van der Waals surface area (Å²) < 4.78 is 6.49. The summed E-state index contributed by atoms with van der Waals surface area (Å²) in [6, 6.07) is 4.01. The Balaban J connectivity index is 1.79. The number of carbonyl (C=O) groups excluding carboxylic acids is 1. The molecule has 0 aliphatic carbocycles. The van der Waals surface area contributed by atoms with Crippen LogP contribution in [-0.2, 0) is 4.74 Å². The van der Waals surface area contributed by atoms with Crippen molar-refractivity contribution < 1.29 is 9.53 Å². The second-order valence-corrected chi connectivity index (χ2v) is 7.45. The van der Waals surface area contributed by atoms with Crippen molar-refractivity contribution in [3.8, 4) is 0 Å². The molecule has 2 unspecified atom stereocenters. The first-order chi connectivity index (χ1) is 10.3. The molecule has 0 aromatic carbocycles. The van der Waals surface area contributed by atoms with Gasteiger partial charge in [-0.25, -0.2) is 4.98 Å². The lowest BCUT2D eigenvalue weighted by atomic mass is 10.1. The molecule has 0 bridgehead atoms. The molecular formula is C15H19BrN2O2S. The van der Waals surface area contributed by atoms with E-state index in [-0.39, 0.29) is 12.0 Å². The minimum atomic E-state index is 0.0190. The number of hydrogen-bond acceptors (Lipinski definition) is 4. The lowest BCUT2D eigenvalue weighted by molar-refractivity contribution is 0.0436. The largest absolute Gasteiger partial charge is 0.376 e. The van der Waals surface area contributed by atoms with Gasteiger partial charge in [0, 0.05) is 35.6 Å². The molecule has 3 rings (SSSR count). The SMILES string of the molecule is O=C(c1ncccc1Br)N(CC1CCCO1)C1CCSC1. The molecule has 1 aromatic heterocycles. The van der Waals surface area contributed by atoms with Gasteiger partial charge >= 0.3 is 0 Å². The molecule has 0 saturated carbocycles. The molecule has 21 heavy (non-hydrogen) atoms. The van der Waals surface area contributed by atoms with Crippen LogP contribution in [0.15, 0.2) is 22.8 Å². The van der Waals surface area contributed by atoms with Crippen LogP contribution < -0.4 is 0 Å². The Kier molecular flexibility index (Phi) is 5.19. The van der Waals surface area contributed by atoms with Gasteiger partial charge in [0.2, 0.25) is 0 Å². The molecule has 0 radical (unpaired) electrons. The quantitative estimate of drug-likeness (QED) is 0.816. The number of rotatable bonds is 4. The van der Waals surface area contributed by atoms with Crippen molar-refractivity contribution in [2.75, 3.05) is 24.7 Å². The van der Waals surface area contributed by atoms with Gasteiger partial charge in [-0.15, -0.1) is 0 Å². The van der Waals surface area contributed by atoms with E-state index in [2.05, 4.69) is 20.9 Å². The molecule has 2 aliphatic heterocycles. The van der Waals surface area contributed by atoms with Gasteiger partial charge in [0.1, 0.15) is 5.69 Å². The van der Waals surface area contributed by atoms with Gasteiger partial charge in [0.05, 0.1) is 6.10 Å². The maximum atomic E-state index is 12.9. The summed E-state index contributed by atoms with van der Waals surface area (Å²) in [5.74, 6) is 2.16. The minimum absolute atomic E-state index is 0.0190. The van der Waals surface area contributed by atoms with Crippen molar-refractivity contribution in [2.45, 2.75) is 31.4 Å². The highest BCUT2D eigenvalue weighted by Gasteiger charge is 2.32. The molecule has 6 heteroatoms. The number of nitrogens with zero attached hydrogens (tertiary/aromatic N) is 2. The van der Waals surface area contributed by atoms with Crippen LogP contribution in [0.4, 0.5) is 0 Å². The van der Waals surface area contributed by atoms with Crippen molar-refractivity contribution >= 4 is 33.6 Å². The molecule has 114 valence electrons. The summed E-state index contributed by atoms with van der Waals surface area (Å²) in [7, 11) is 0. The topological polar surface area (TPSA) is 42.4 Å². The van der Waals surface area contributed by atoms with E-state index in [4.69, 9.17) is 4.74 Å². The summed E-state index contributed by atoms with van der Waals surface area (Å²) >= 11 is 5.36. The molecular weight excluding hydrogens is 352 g/mol. The fourth-order valence-electron chi connectivity index (χ4n) is 2.85. The first-order valence-corrected chi connectivity index (χ1v) is 9.31. The molecule has 1 amide bonds. The number of amides is 1. The van der Waals surface area contributed by atoms with Gasteiger partial charge in [-0.3, -0.25) is 4.79 Å². The van der Waals surface area contributed by atoms with Crippen LogP contribution in [-0.4, -0.2) is 52.6 Å². The van der Waals surface area contributed by atoms with Crippen LogP contribution >= 0.6 is 27.7 Å². The third-order valence-electron chi connectivity index (χ3n) is 3.99. The van der Waals surface area contributed by atoms with Crippen LogP contribution in [0.5, 0.6) is 0 Å². The fraction of sp³-hybridized carbons (Fsp3) is 0.600. The number of pyridine rings is 1. The number of aromatic nitrogens is 1. The Bertz CT molecular complexity index is 502. The predicted molar refractivity (Wildman–Crippen MR) is 87.7 cm³/mol. The van der Waals surface area contributed by atoms with Crippen LogP contribution in [0.2, 0.25) is 0 Å². The van der Waals surface area contributed by atoms with Crippen molar-refractivity contribution in [1.29, 1.82) is 0 Å². The van der Waals surface area contributed by atoms with Crippen LogP contribution in [0.25, 0.3) is 0 Å². The minimum Gasteiger partial charge on any atom is -0.376 e. The summed E-state index contributed by atoms with van der Waals surface area (Å²) in [4.78, 5) is 19.2. The number of hydrogen-bond donors (Lipinski definition) is 0. The molecule has 2 fully saturated rings. The van der Waals surface area contributed by atoms with Gasteiger partial charge in [-0.2, -0.15) is 11.8 Å². The normalized spacial score (nSPS) is 25.2. The van der Waals surface area contributed by atoms with E-state index in [1.165, 1.54) is 0 Å². The highest BCUT2D eigenvalue weighted by Crippen LogP contribution is 2.27. The second kappa shape index (κ2) is 7.11. The molecule has 4 nitrogen and oxygen atoms in total. The summed E-state index contributed by atoms with van der Waals surface area (Å²) in [6.07, 6.45) is 5.06. The molecule has 0 N–H and O–H groups in total. The van der Waals surface area contributed by atoms with E-state index < -0.39 is 0 Å². The van der Waals surface area contributed by atoms with Gasteiger partial charge in [-0.1, -0.05) is 0 Å². The zero-order valence-corrected chi connectivity index (χ0v) is 14.2. The van der Waals surface area contributed by atoms with E-state index in [1.807, 2.05) is 28.8 Å². The lowest BCUT2D eigenvalue weighted by Crippen LogP contribution is -2.45. The highest BCUT2D eigenvalue weighted by atomic mass is 79.9. The number of carbonyl (C=O) groups is 1. The molecule has 3 heterocycles. The third-order valence-corrected chi connectivity index (χ3v) is 5.78. The maximum Gasteiger partial charge on any atom is 0.273 e. The first-order valence-electron chi connectivity index (χ1n) is 7.36. The van der Waals surface area contributed by atoms with Gasteiger partial charge in [0.25, 0.3) is 5.91 Å². The Labute approximate surface area is 137 Å². The van der Waals surface area contributed by atoms with E-state index >= 15 is 0 Å². The fourth-order valence-corrected chi connectivity index (χ4v) is 4.50. The zero-order valence-electron chi connectivity index (χ0n) is 11.8. The van der Waals surface area contributed by atoms with Crippen LogP contribution in [0.1, 0.15) is 29.8 Å². The van der Waals surface area contributed by atoms with E-state index in [0.717, 1.165) is 41.8 Å².